The number of nitrogens with one attached hydrogen (secondary N) is 1. The molecule has 1 fully saturated rings. The van der Waals surface area contributed by atoms with E-state index < -0.39 is 39.5 Å². The summed E-state index contributed by atoms with van der Waals surface area (Å²) in [5.74, 6) is -0.707. The molecule has 0 aromatic carbocycles. The number of fused-ring (bicyclic) bond motifs is 1. The van der Waals surface area contributed by atoms with E-state index in [9.17, 15) is 30.9 Å². The van der Waals surface area contributed by atoms with Gasteiger partial charge in [0.25, 0.3) is 0 Å². The number of sulfone groups is 1. The first kappa shape index (κ1) is 27.3. The number of rotatable bonds is 7. The van der Waals surface area contributed by atoms with Crippen LogP contribution in [0.15, 0.2) is 12.3 Å². The van der Waals surface area contributed by atoms with Crippen LogP contribution in [0.4, 0.5) is 17.6 Å². The van der Waals surface area contributed by atoms with Crippen molar-refractivity contribution in [1.82, 2.24) is 20.2 Å². The van der Waals surface area contributed by atoms with E-state index in [1.807, 2.05) is 0 Å². The molecule has 2 aromatic heterocycles. The van der Waals surface area contributed by atoms with Crippen LogP contribution in [0.5, 0.6) is 5.88 Å². The summed E-state index contributed by atoms with van der Waals surface area (Å²) in [7, 11) is -3.14. The minimum atomic E-state index is -4.62. The zero-order valence-electron chi connectivity index (χ0n) is 20.8. The number of pyridine rings is 1. The van der Waals surface area contributed by atoms with Crippen LogP contribution in [0.25, 0.3) is 11.3 Å². The first-order chi connectivity index (χ1) is 17.2. The highest BCUT2D eigenvalue weighted by Gasteiger charge is 2.45. The van der Waals surface area contributed by atoms with E-state index in [1.165, 1.54) is 6.07 Å². The fraction of sp³-hybridized carbons (Fsp3) is 0.652. The predicted octanol–water partition coefficient (Wildman–Crippen LogP) is 3.71. The van der Waals surface area contributed by atoms with Crippen molar-refractivity contribution < 1.29 is 35.6 Å². The van der Waals surface area contributed by atoms with Crippen LogP contribution in [0.3, 0.4) is 0 Å². The lowest BCUT2D eigenvalue weighted by Crippen LogP contribution is -2.55. The summed E-state index contributed by atoms with van der Waals surface area (Å²) in [6, 6.07) is -1.40. The van der Waals surface area contributed by atoms with E-state index in [0.29, 0.717) is 16.9 Å². The maximum atomic E-state index is 14.8. The Morgan fingerprint density at radius 2 is 2.00 bits per heavy atom. The molecular weight excluding hydrogens is 518 g/mol. The summed E-state index contributed by atoms with van der Waals surface area (Å²) < 4.78 is 85.7. The number of nitrogens with zero attached hydrogens (tertiary/aromatic N) is 4. The van der Waals surface area contributed by atoms with Crippen molar-refractivity contribution >= 4 is 9.84 Å². The summed E-state index contributed by atoms with van der Waals surface area (Å²) in [5, 5.41) is 4.20. The summed E-state index contributed by atoms with van der Waals surface area (Å²) >= 11 is 0. The third kappa shape index (κ3) is 5.73. The van der Waals surface area contributed by atoms with Crippen LogP contribution in [-0.4, -0.2) is 63.9 Å². The quantitative estimate of drug-likeness (QED) is 0.319. The first-order valence-corrected chi connectivity index (χ1v) is 14.0. The maximum Gasteiger partial charge on any atom is 0.410 e. The number of nitroso groups, excluding NO2 is 1. The lowest BCUT2D eigenvalue weighted by Gasteiger charge is -2.31. The molecule has 0 saturated carbocycles. The SMILES string of the molecule is CCOc1cc(-c2nn([C@H](C)C(F)(F)F)c3c2CC[C@@H]([N+](=O)NC2(C)CCS(=O)(=O)CC2)C3)c(F)cn1. The lowest BCUT2D eigenvalue weighted by molar-refractivity contribution is -0.653. The van der Waals surface area contributed by atoms with Gasteiger partial charge in [0.05, 0.1) is 46.9 Å². The van der Waals surface area contributed by atoms with Crippen LogP contribution in [0.1, 0.15) is 57.3 Å². The van der Waals surface area contributed by atoms with E-state index >= 15 is 0 Å². The highest BCUT2D eigenvalue weighted by Crippen LogP contribution is 2.39. The van der Waals surface area contributed by atoms with E-state index in [0.717, 1.165) is 17.8 Å². The van der Waals surface area contributed by atoms with Gasteiger partial charge < -0.3 is 4.74 Å². The zero-order chi connectivity index (χ0) is 27.2. The Balaban J connectivity index is 1.67. The van der Waals surface area contributed by atoms with Crippen molar-refractivity contribution in [2.24, 2.45) is 0 Å². The Morgan fingerprint density at radius 1 is 1.32 bits per heavy atom. The van der Waals surface area contributed by atoms with Gasteiger partial charge in [0.1, 0.15) is 10.9 Å². The van der Waals surface area contributed by atoms with E-state index in [4.69, 9.17) is 4.74 Å². The van der Waals surface area contributed by atoms with Gasteiger partial charge in [-0.1, -0.05) is 0 Å². The highest BCUT2D eigenvalue weighted by atomic mass is 32.2. The Morgan fingerprint density at radius 3 is 2.62 bits per heavy atom. The van der Waals surface area contributed by atoms with Crippen LogP contribution in [-0.2, 0) is 22.7 Å². The molecule has 9 nitrogen and oxygen atoms in total. The van der Waals surface area contributed by atoms with Gasteiger partial charge in [-0.25, -0.2) is 17.8 Å². The predicted molar refractivity (Wildman–Crippen MR) is 126 cm³/mol. The molecule has 2 aliphatic rings. The number of aromatic nitrogens is 3. The van der Waals surface area contributed by atoms with Crippen LogP contribution in [0.2, 0.25) is 0 Å². The zero-order valence-corrected chi connectivity index (χ0v) is 21.6. The van der Waals surface area contributed by atoms with E-state index in [2.05, 4.69) is 15.5 Å². The van der Waals surface area contributed by atoms with Gasteiger partial charge in [0.15, 0.2) is 15.7 Å². The molecule has 0 radical (unpaired) electrons. The minimum absolute atomic E-state index is 0.0192. The van der Waals surface area contributed by atoms with E-state index in [-0.39, 0.29) is 66.6 Å². The number of hydrazine groups is 1. The normalized spacial score (nSPS) is 21.6. The third-order valence-electron chi connectivity index (χ3n) is 7.13. The second-order valence-corrected chi connectivity index (χ2v) is 12.2. The van der Waals surface area contributed by atoms with E-state index in [1.54, 1.807) is 13.8 Å². The average Bonchev–Trinajstić information content (AvgIpc) is 3.20. The van der Waals surface area contributed by atoms with Gasteiger partial charge in [-0.2, -0.15) is 18.3 Å². The topological polar surface area (TPSA) is 106 Å². The Bertz CT molecular complexity index is 1280. The fourth-order valence-corrected chi connectivity index (χ4v) is 6.51. The van der Waals surface area contributed by atoms with Crippen molar-refractivity contribution in [3.05, 3.63) is 34.2 Å². The van der Waals surface area contributed by atoms with Crippen LogP contribution < -0.4 is 10.2 Å². The minimum Gasteiger partial charge on any atom is -0.478 e. The summed E-state index contributed by atoms with van der Waals surface area (Å²) in [4.78, 5) is 17.6. The molecule has 0 amide bonds. The molecule has 37 heavy (non-hydrogen) atoms. The molecule has 0 bridgehead atoms. The molecule has 2 aromatic rings. The molecular formula is C23H30F4N5O4S+. The molecule has 0 unspecified atom stereocenters. The summed E-state index contributed by atoms with van der Waals surface area (Å²) in [5.41, 5.74) is 2.83. The number of hydrogen-bond donors (Lipinski definition) is 1. The van der Waals surface area contributed by atoms with Crippen molar-refractivity contribution in [2.75, 3.05) is 18.1 Å². The van der Waals surface area contributed by atoms with Gasteiger partial charge in [0, 0.05) is 29.3 Å². The van der Waals surface area contributed by atoms with Crippen molar-refractivity contribution in [3.63, 3.8) is 0 Å². The molecule has 3 heterocycles. The van der Waals surface area contributed by atoms with Gasteiger partial charge in [0.2, 0.25) is 11.9 Å². The van der Waals surface area contributed by atoms with Gasteiger partial charge in [-0.15, -0.1) is 5.43 Å². The van der Waals surface area contributed by atoms with Crippen molar-refractivity contribution in [1.29, 1.82) is 0 Å². The average molecular weight is 549 g/mol. The molecule has 14 heteroatoms. The summed E-state index contributed by atoms with van der Waals surface area (Å²) in [6.45, 7) is 4.72. The second kappa shape index (κ2) is 9.84. The molecule has 1 aliphatic heterocycles. The Kier molecular flexibility index (Phi) is 7.25. The molecule has 1 saturated heterocycles. The maximum absolute atomic E-state index is 14.8. The molecule has 1 aliphatic carbocycles. The Hall–Kier alpha value is -2.77. The highest BCUT2D eigenvalue weighted by molar-refractivity contribution is 7.91. The number of halogens is 4. The fourth-order valence-electron chi connectivity index (χ4n) is 4.78. The molecule has 4 rings (SSSR count). The Labute approximate surface area is 212 Å². The third-order valence-corrected chi connectivity index (χ3v) is 8.79. The number of ether oxygens (including phenoxy) is 1. The van der Waals surface area contributed by atoms with Gasteiger partial charge in [-0.05, 0) is 40.0 Å². The molecule has 2 atom stereocenters. The second-order valence-electron chi connectivity index (χ2n) is 9.92. The van der Waals surface area contributed by atoms with Crippen molar-refractivity contribution in [3.8, 4) is 17.1 Å². The van der Waals surface area contributed by atoms with Crippen LogP contribution >= 0.6 is 0 Å². The van der Waals surface area contributed by atoms with Crippen LogP contribution in [0, 0.1) is 10.7 Å². The summed E-state index contributed by atoms with van der Waals surface area (Å²) in [6.07, 6.45) is -2.71. The lowest BCUT2D eigenvalue weighted by atomic mass is 9.90. The largest absolute Gasteiger partial charge is 0.478 e. The molecule has 0 spiro atoms. The first-order valence-electron chi connectivity index (χ1n) is 12.1. The number of hydrogen-bond acceptors (Lipinski definition) is 6. The van der Waals surface area contributed by atoms with Crippen molar-refractivity contribution in [2.45, 2.75) is 76.7 Å². The molecule has 204 valence electrons. The van der Waals surface area contributed by atoms with Gasteiger partial charge in [-0.3, -0.25) is 4.68 Å². The smallest absolute Gasteiger partial charge is 0.410 e. The monoisotopic (exact) mass is 548 g/mol. The van der Waals surface area contributed by atoms with Gasteiger partial charge >= 0.3 is 6.18 Å². The standard InChI is InChI=1S/C23H30F4N5O4S/c1-4-36-20-12-17(18(24)13-28-20)21-16-6-5-15(11-19(16)31(29-21)14(2)23(25,26)27)32(33)30-22(3)7-9-37(34,35)10-8-22/h12-15H,4-11H2,1-3H3,(H,30,33)/q+1/t14-,15-/m1/s1. The number of alkyl halides is 3. The molecule has 1 N–H and O–H groups in total.